The Morgan fingerprint density at radius 3 is 3.05 bits per heavy atom. The summed E-state index contributed by atoms with van der Waals surface area (Å²) in [4.78, 5) is 27.7. The van der Waals surface area contributed by atoms with Crippen molar-refractivity contribution in [3.8, 4) is 5.75 Å². The SMILES string of the molecule is O=C(c1ccc2c(c1)CCCO2)N1CCN2C(=O)OC[C@H]2C1. The Kier molecular flexibility index (Phi) is 3.17. The Bertz CT molecular complexity index is 631. The molecule has 1 aromatic carbocycles. The van der Waals surface area contributed by atoms with E-state index in [-0.39, 0.29) is 18.0 Å². The highest BCUT2D eigenvalue weighted by Gasteiger charge is 2.38. The summed E-state index contributed by atoms with van der Waals surface area (Å²) in [7, 11) is 0. The molecule has 22 heavy (non-hydrogen) atoms. The lowest BCUT2D eigenvalue weighted by atomic mass is 10.0. The van der Waals surface area contributed by atoms with Crippen molar-refractivity contribution in [3.05, 3.63) is 29.3 Å². The fourth-order valence-corrected chi connectivity index (χ4v) is 3.35. The summed E-state index contributed by atoms with van der Waals surface area (Å²) in [5.41, 5.74) is 1.80. The third-order valence-electron chi connectivity index (χ3n) is 4.56. The molecular formula is C16H18N2O4. The number of hydrogen-bond donors (Lipinski definition) is 0. The Morgan fingerprint density at radius 2 is 2.14 bits per heavy atom. The van der Waals surface area contributed by atoms with Gasteiger partial charge in [0.15, 0.2) is 0 Å². The van der Waals surface area contributed by atoms with Crippen LogP contribution in [0.15, 0.2) is 18.2 Å². The highest BCUT2D eigenvalue weighted by atomic mass is 16.6. The summed E-state index contributed by atoms with van der Waals surface area (Å²) in [6, 6.07) is 5.65. The van der Waals surface area contributed by atoms with Gasteiger partial charge in [-0.2, -0.15) is 0 Å². The Labute approximate surface area is 128 Å². The van der Waals surface area contributed by atoms with E-state index >= 15 is 0 Å². The molecule has 2 amide bonds. The first kappa shape index (κ1) is 13.4. The van der Waals surface area contributed by atoms with E-state index in [1.165, 1.54) is 0 Å². The van der Waals surface area contributed by atoms with Crippen molar-refractivity contribution in [2.24, 2.45) is 0 Å². The number of hydrogen-bond acceptors (Lipinski definition) is 4. The largest absolute Gasteiger partial charge is 0.493 e. The summed E-state index contributed by atoms with van der Waals surface area (Å²) >= 11 is 0. The van der Waals surface area contributed by atoms with Crippen LogP contribution < -0.4 is 4.74 Å². The number of aryl methyl sites for hydroxylation is 1. The predicted molar refractivity (Wildman–Crippen MR) is 78.0 cm³/mol. The van der Waals surface area contributed by atoms with Crippen LogP contribution in [0.2, 0.25) is 0 Å². The first-order chi connectivity index (χ1) is 10.7. The van der Waals surface area contributed by atoms with Gasteiger partial charge < -0.3 is 14.4 Å². The third-order valence-corrected chi connectivity index (χ3v) is 4.56. The Morgan fingerprint density at radius 1 is 1.23 bits per heavy atom. The monoisotopic (exact) mass is 302 g/mol. The van der Waals surface area contributed by atoms with Gasteiger partial charge in [-0.3, -0.25) is 9.69 Å². The molecule has 3 aliphatic rings. The minimum Gasteiger partial charge on any atom is -0.493 e. The number of cyclic esters (lactones) is 1. The summed E-state index contributed by atoms with van der Waals surface area (Å²) in [5, 5.41) is 0. The molecule has 0 aliphatic carbocycles. The van der Waals surface area contributed by atoms with Crippen molar-refractivity contribution in [1.29, 1.82) is 0 Å². The average Bonchev–Trinajstić information content (AvgIpc) is 2.94. The predicted octanol–water partition coefficient (Wildman–Crippen LogP) is 1.29. The van der Waals surface area contributed by atoms with E-state index < -0.39 is 0 Å². The maximum absolute atomic E-state index is 12.7. The molecule has 116 valence electrons. The van der Waals surface area contributed by atoms with Gasteiger partial charge in [0.05, 0.1) is 12.6 Å². The lowest BCUT2D eigenvalue weighted by Gasteiger charge is -2.35. The molecule has 6 nitrogen and oxygen atoms in total. The fraction of sp³-hybridized carbons (Fsp3) is 0.500. The van der Waals surface area contributed by atoms with Gasteiger partial charge in [-0.15, -0.1) is 0 Å². The quantitative estimate of drug-likeness (QED) is 0.784. The summed E-state index contributed by atoms with van der Waals surface area (Å²) in [5.74, 6) is 0.912. The van der Waals surface area contributed by atoms with Gasteiger partial charge in [-0.1, -0.05) is 0 Å². The molecule has 1 atom stereocenters. The lowest BCUT2D eigenvalue weighted by Crippen LogP contribution is -2.53. The maximum atomic E-state index is 12.7. The van der Waals surface area contributed by atoms with E-state index in [2.05, 4.69) is 0 Å². The standard InChI is InChI=1S/C16H18N2O4/c19-15(12-3-4-14-11(8-12)2-1-7-21-14)17-5-6-18-13(9-17)10-22-16(18)20/h3-4,8,13H,1-2,5-7,9-10H2/t13-/m1/s1. The van der Waals surface area contributed by atoms with Gasteiger partial charge in [-0.05, 0) is 36.6 Å². The number of piperazine rings is 1. The molecule has 0 bridgehead atoms. The number of carbonyl (C=O) groups excluding carboxylic acids is 2. The van der Waals surface area contributed by atoms with Crippen LogP contribution in [0.4, 0.5) is 4.79 Å². The Balaban J connectivity index is 1.51. The van der Waals surface area contributed by atoms with Crippen molar-refractivity contribution < 1.29 is 19.1 Å². The highest BCUT2D eigenvalue weighted by molar-refractivity contribution is 5.95. The first-order valence-corrected chi connectivity index (χ1v) is 7.71. The average molecular weight is 302 g/mol. The molecule has 6 heteroatoms. The van der Waals surface area contributed by atoms with Gasteiger partial charge in [0.1, 0.15) is 12.4 Å². The van der Waals surface area contributed by atoms with Gasteiger partial charge >= 0.3 is 6.09 Å². The van der Waals surface area contributed by atoms with Crippen LogP contribution in [-0.2, 0) is 11.2 Å². The molecule has 0 radical (unpaired) electrons. The fourth-order valence-electron chi connectivity index (χ4n) is 3.35. The van der Waals surface area contributed by atoms with Gasteiger partial charge in [-0.25, -0.2) is 4.79 Å². The first-order valence-electron chi connectivity index (χ1n) is 7.71. The summed E-state index contributed by atoms with van der Waals surface area (Å²) in [6.45, 7) is 2.76. The second-order valence-electron chi connectivity index (χ2n) is 5.95. The van der Waals surface area contributed by atoms with Crippen LogP contribution >= 0.6 is 0 Å². The zero-order chi connectivity index (χ0) is 15.1. The highest BCUT2D eigenvalue weighted by Crippen LogP contribution is 2.27. The third kappa shape index (κ3) is 2.19. The van der Waals surface area contributed by atoms with E-state index in [9.17, 15) is 9.59 Å². The van der Waals surface area contributed by atoms with Crippen LogP contribution in [-0.4, -0.2) is 60.7 Å². The Hall–Kier alpha value is -2.24. The van der Waals surface area contributed by atoms with E-state index in [4.69, 9.17) is 9.47 Å². The van der Waals surface area contributed by atoms with Gasteiger partial charge in [0.2, 0.25) is 0 Å². The van der Waals surface area contributed by atoms with E-state index in [0.717, 1.165) is 30.8 Å². The molecule has 0 spiro atoms. The number of rotatable bonds is 1. The normalized spacial score (nSPS) is 23.5. The second kappa shape index (κ2) is 5.19. The smallest absolute Gasteiger partial charge is 0.410 e. The topological polar surface area (TPSA) is 59.1 Å². The molecule has 3 aliphatic heterocycles. The molecule has 2 saturated heterocycles. The number of nitrogens with zero attached hydrogens (tertiary/aromatic N) is 2. The van der Waals surface area contributed by atoms with E-state index in [1.807, 2.05) is 23.1 Å². The van der Waals surface area contributed by atoms with Crippen molar-refractivity contribution in [2.45, 2.75) is 18.9 Å². The number of ether oxygens (including phenoxy) is 2. The number of fused-ring (bicyclic) bond motifs is 2. The van der Waals surface area contributed by atoms with E-state index in [1.54, 1.807) is 4.90 Å². The molecular weight excluding hydrogens is 284 g/mol. The van der Waals surface area contributed by atoms with Crippen LogP contribution in [0.3, 0.4) is 0 Å². The summed E-state index contributed by atoms with van der Waals surface area (Å²) < 4.78 is 10.6. The van der Waals surface area contributed by atoms with Crippen molar-refractivity contribution in [3.63, 3.8) is 0 Å². The molecule has 4 rings (SSSR count). The minimum absolute atomic E-state index is 0.00818. The van der Waals surface area contributed by atoms with Crippen LogP contribution in [0.1, 0.15) is 22.3 Å². The van der Waals surface area contributed by atoms with Crippen LogP contribution in [0, 0.1) is 0 Å². The van der Waals surface area contributed by atoms with Crippen molar-refractivity contribution >= 4 is 12.0 Å². The number of amides is 2. The molecule has 1 aromatic rings. The zero-order valence-corrected chi connectivity index (χ0v) is 12.3. The second-order valence-corrected chi connectivity index (χ2v) is 5.95. The van der Waals surface area contributed by atoms with Crippen LogP contribution in [0.25, 0.3) is 0 Å². The van der Waals surface area contributed by atoms with Crippen molar-refractivity contribution in [1.82, 2.24) is 9.80 Å². The van der Waals surface area contributed by atoms with Gasteiger partial charge in [0, 0.05) is 25.2 Å². The lowest BCUT2D eigenvalue weighted by molar-refractivity contribution is 0.0616. The molecule has 0 unspecified atom stereocenters. The molecule has 2 fully saturated rings. The molecule has 0 N–H and O–H groups in total. The number of benzene rings is 1. The number of carbonyl (C=O) groups is 2. The molecule has 0 saturated carbocycles. The maximum Gasteiger partial charge on any atom is 0.410 e. The molecule has 3 heterocycles. The van der Waals surface area contributed by atoms with Crippen LogP contribution in [0.5, 0.6) is 5.75 Å². The van der Waals surface area contributed by atoms with Crippen molar-refractivity contribution in [2.75, 3.05) is 32.8 Å². The zero-order valence-electron chi connectivity index (χ0n) is 12.3. The summed E-state index contributed by atoms with van der Waals surface area (Å²) in [6.07, 6.45) is 1.68. The molecule has 0 aromatic heterocycles. The minimum atomic E-state index is -0.261. The van der Waals surface area contributed by atoms with Gasteiger partial charge in [0.25, 0.3) is 5.91 Å². The van der Waals surface area contributed by atoms with E-state index in [0.29, 0.717) is 31.8 Å².